The van der Waals surface area contributed by atoms with Crippen LogP contribution in [0.5, 0.6) is 0 Å². The van der Waals surface area contributed by atoms with Crippen LogP contribution in [0.2, 0.25) is 0 Å². The van der Waals surface area contributed by atoms with Gasteiger partial charge in [-0.1, -0.05) is 13.0 Å². The molecular formula is C11H15FO. The molecule has 0 radical (unpaired) electrons. The lowest BCUT2D eigenvalue weighted by Crippen LogP contribution is -2.21. The lowest BCUT2D eigenvalue weighted by atomic mass is 9.90. The molecule has 1 aromatic rings. The molecule has 0 fully saturated rings. The Morgan fingerprint density at radius 3 is 2.62 bits per heavy atom. The van der Waals surface area contributed by atoms with Crippen molar-refractivity contribution in [1.29, 1.82) is 0 Å². The predicted octanol–water partition coefficient (Wildman–Crippen LogP) is 2.75. The second-order valence-electron chi connectivity index (χ2n) is 3.59. The first-order valence-electron chi connectivity index (χ1n) is 4.46. The summed E-state index contributed by atoms with van der Waals surface area (Å²) in [5, 5.41) is 9.93. The number of halogens is 1. The van der Waals surface area contributed by atoms with E-state index in [1.54, 1.807) is 13.0 Å². The molecule has 0 amide bonds. The minimum Gasteiger partial charge on any atom is -0.385 e. The molecular weight excluding hydrogens is 167 g/mol. The second kappa shape index (κ2) is 3.46. The smallest absolute Gasteiger partial charge is 0.123 e. The summed E-state index contributed by atoms with van der Waals surface area (Å²) in [5.74, 6) is -0.297. The normalized spacial score (nSPS) is 15.5. The van der Waals surface area contributed by atoms with Gasteiger partial charge in [0, 0.05) is 0 Å². The Morgan fingerprint density at radius 2 is 2.08 bits per heavy atom. The van der Waals surface area contributed by atoms with Gasteiger partial charge in [0.15, 0.2) is 0 Å². The number of aliphatic hydroxyl groups is 1. The van der Waals surface area contributed by atoms with Crippen LogP contribution in [0.1, 0.15) is 31.4 Å². The molecule has 0 aliphatic heterocycles. The van der Waals surface area contributed by atoms with Gasteiger partial charge < -0.3 is 5.11 Å². The molecule has 0 bridgehead atoms. The fraction of sp³-hybridized carbons (Fsp3) is 0.455. The summed E-state index contributed by atoms with van der Waals surface area (Å²) in [4.78, 5) is 0. The zero-order valence-corrected chi connectivity index (χ0v) is 8.26. The van der Waals surface area contributed by atoms with Crippen molar-refractivity contribution in [2.45, 2.75) is 32.8 Å². The van der Waals surface area contributed by atoms with Gasteiger partial charge in [0.25, 0.3) is 0 Å². The van der Waals surface area contributed by atoms with Crippen molar-refractivity contribution in [2.24, 2.45) is 0 Å². The number of hydrogen-bond donors (Lipinski definition) is 1. The molecule has 0 aliphatic carbocycles. The van der Waals surface area contributed by atoms with Gasteiger partial charge in [0.1, 0.15) is 5.82 Å². The third-order valence-electron chi connectivity index (χ3n) is 2.47. The molecule has 0 aliphatic rings. The number of rotatable bonds is 2. The van der Waals surface area contributed by atoms with Crippen molar-refractivity contribution >= 4 is 0 Å². The van der Waals surface area contributed by atoms with Crippen LogP contribution in [0, 0.1) is 12.7 Å². The average Bonchev–Trinajstić information content (AvgIpc) is 2.09. The summed E-state index contributed by atoms with van der Waals surface area (Å²) in [6.45, 7) is 5.46. The first kappa shape index (κ1) is 10.2. The first-order chi connectivity index (χ1) is 5.97. The lowest BCUT2D eigenvalue weighted by Gasteiger charge is -2.23. The number of benzene rings is 1. The van der Waals surface area contributed by atoms with Crippen molar-refractivity contribution in [3.8, 4) is 0 Å². The standard InChI is InChI=1S/C11H15FO/c1-4-11(3,13)10-7-9(12)6-5-8(10)2/h5-7,13H,4H2,1-3H3/t11-/m1/s1. The minimum absolute atomic E-state index is 0.297. The highest BCUT2D eigenvalue weighted by Gasteiger charge is 2.22. The highest BCUT2D eigenvalue weighted by Crippen LogP contribution is 2.27. The lowest BCUT2D eigenvalue weighted by molar-refractivity contribution is 0.0521. The fourth-order valence-electron chi connectivity index (χ4n) is 1.36. The number of hydrogen-bond acceptors (Lipinski definition) is 1. The van der Waals surface area contributed by atoms with Crippen LogP contribution < -0.4 is 0 Å². The van der Waals surface area contributed by atoms with Gasteiger partial charge in [-0.2, -0.15) is 0 Å². The summed E-state index contributed by atoms with van der Waals surface area (Å²) in [6, 6.07) is 4.50. The molecule has 1 rings (SSSR count). The maximum Gasteiger partial charge on any atom is 0.123 e. The largest absolute Gasteiger partial charge is 0.385 e. The molecule has 0 heterocycles. The summed E-state index contributed by atoms with van der Waals surface area (Å²) in [5.41, 5.74) is 0.676. The van der Waals surface area contributed by atoms with Gasteiger partial charge in [-0.3, -0.25) is 0 Å². The van der Waals surface area contributed by atoms with E-state index in [9.17, 15) is 9.50 Å². The van der Waals surface area contributed by atoms with E-state index >= 15 is 0 Å². The van der Waals surface area contributed by atoms with E-state index in [4.69, 9.17) is 0 Å². The molecule has 0 saturated carbocycles. The topological polar surface area (TPSA) is 20.2 Å². The molecule has 1 nitrogen and oxygen atoms in total. The molecule has 1 N–H and O–H groups in total. The predicted molar refractivity (Wildman–Crippen MR) is 51.0 cm³/mol. The Kier molecular flexibility index (Phi) is 2.71. The average molecular weight is 182 g/mol. The monoisotopic (exact) mass is 182 g/mol. The fourth-order valence-corrected chi connectivity index (χ4v) is 1.36. The summed E-state index contributed by atoms with van der Waals surface area (Å²) < 4.78 is 12.9. The van der Waals surface area contributed by atoms with Crippen LogP contribution in [-0.4, -0.2) is 5.11 Å². The van der Waals surface area contributed by atoms with E-state index in [1.807, 2.05) is 13.8 Å². The minimum atomic E-state index is -0.924. The van der Waals surface area contributed by atoms with E-state index in [-0.39, 0.29) is 5.82 Å². The molecule has 2 heteroatoms. The van der Waals surface area contributed by atoms with Gasteiger partial charge in [-0.25, -0.2) is 4.39 Å². The van der Waals surface area contributed by atoms with Crippen molar-refractivity contribution in [3.63, 3.8) is 0 Å². The van der Waals surface area contributed by atoms with Gasteiger partial charge in [-0.15, -0.1) is 0 Å². The highest BCUT2D eigenvalue weighted by molar-refractivity contribution is 5.31. The van der Waals surface area contributed by atoms with E-state index in [1.165, 1.54) is 12.1 Å². The van der Waals surface area contributed by atoms with Gasteiger partial charge in [0.05, 0.1) is 5.60 Å². The van der Waals surface area contributed by atoms with Crippen LogP contribution in [0.15, 0.2) is 18.2 Å². The molecule has 1 atom stereocenters. The van der Waals surface area contributed by atoms with Crippen LogP contribution in [0.25, 0.3) is 0 Å². The quantitative estimate of drug-likeness (QED) is 0.745. The summed E-state index contributed by atoms with van der Waals surface area (Å²) >= 11 is 0. The van der Waals surface area contributed by atoms with Crippen LogP contribution in [-0.2, 0) is 5.60 Å². The maximum atomic E-state index is 12.9. The third-order valence-corrected chi connectivity index (χ3v) is 2.47. The van der Waals surface area contributed by atoms with Crippen LogP contribution in [0.4, 0.5) is 4.39 Å². The zero-order valence-electron chi connectivity index (χ0n) is 8.26. The van der Waals surface area contributed by atoms with E-state index in [2.05, 4.69) is 0 Å². The third kappa shape index (κ3) is 2.07. The Hall–Kier alpha value is -0.890. The zero-order chi connectivity index (χ0) is 10.1. The molecule has 0 spiro atoms. The van der Waals surface area contributed by atoms with Crippen LogP contribution >= 0.6 is 0 Å². The Bertz CT molecular complexity index is 305. The van der Waals surface area contributed by atoms with E-state index in [0.717, 1.165) is 5.56 Å². The second-order valence-corrected chi connectivity index (χ2v) is 3.59. The van der Waals surface area contributed by atoms with Crippen molar-refractivity contribution in [2.75, 3.05) is 0 Å². The number of aryl methyl sites for hydroxylation is 1. The summed E-state index contributed by atoms with van der Waals surface area (Å²) in [6.07, 6.45) is 0.581. The molecule has 0 saturated heterocycles. The SMILES string of the molecule is CC[C@@](C)(O)c1cc(F)ccc1C. The first-order valence-corrected chi connectivity index (χ1v) is 4.46. The molecule has 0 aromatic heterocycles. The maximum absolute atomic E-state index is 12.9. The van der Waals surface area contributed by atoms with Crippen LogP contribution in [0.3, 0.4) is 0 Å². The van der Waals surface area contributed by atoms with Crippen molar-refractivity contribution < 1.29 is 9.50 Å². The Balaban J connectivity index is 3.20. The molecule has 1 aromatic carbocycles. The molecule has 72 valence electrons. The van der Waals surface area contributed by atoms with Crippen molar-refractivity contribution in [1.82, 2.24) is 0 Å². The Morgan fingerprint density at radius 1 is 1.46 bits per heavy atom. The molecule has 0 unspecified atom stereocenters. The van der Waals surface area contributed by atoms with Gasteiger partial charge >= 0.3 is 0 Å². The Labute approximate surface area is 78.2 Å². The highest BCUT2D eigenvalue weighted by atomic mass is 19.1. The van der Waals surface area contributed by atoms with E-state index in [0.29, 0.717) is 12.0 Å². The van der Waals surface area contributed by atoms with Gasteiger partial charge in [0.2, 0.25) is 0 Å². The van der Waals surface area contributed by atoms with E-state index < -0.39 is 5.60 Å². The van der Waals surface area contributed by atoms with Crippen molar-refractivity contribution in [3.05, 3.63) is 35.1 Å². The van der Waals surface area contributed by atoms with Gasteiger partial charge in [-0.05, 0) is 43.5 Å². The molecule has 13 heavy (non-hydrogen) atoms. The summed E-state index contributed by atoms with van der Waals surface area (Å²) in [7, 11) is 0.